The van der Waals surface area contributed by atoms with E-state index in [1.54, 1.807) is 0 Å². The maximum atomic E-state index is 6.72. The quantitative estimate of drug-likeness (QED) is 0.168. The summed E-state index contributed by atoms with van der Waals surface area (Å²) in [6, 6.07) is 61.4. The summed E-state index contributed by atoms with van der Waals surface area (Å²) < 4.78 is 19.7. The second-order valence-electron chi connectivity index (χ2n) is 14.3. The van der Waals surface area contributed by atoms with E-state index < -0.39 is 0 Å². The van der Waals surface area contributed by atoms with Crippen LogP contribution in [0.1, 0.15) is 0 Å². The van der Waals surface area contributed by atoms with Crippen LogP contribution < -0.4 is 4.90 Å². The van der Waals surface area contributed by atoms with Crippen LogP contribution in [0.5, 0.6) is 0 Å². The first kappa shape index (κ1) is 32.2. The molecule has 12 aromatic rings. The van der Waals surface area contributed by atoms with Crippen LogP contribution in [-0.2, 0) is 0 Å². The van der Waals surface area contributed by atoms with Crippen LogP contribution in [0.3, 0.4) is 0 Å². The largest absolute Gasteiger partial charge is 0.456 e. The van der Waals surface area contributed by atoms with Crippen molar-refractivity contribution in [1.29, 1.82) is 0 Å². The summed E-state index contributed by atoms with van der Waals surface area (Å²) >= 11 is 0. The summed E-state index contributed by atoms with van der Waals surface area (Å²) in [4.78, 5) is 17.6. The average molecular weight is 747 g/mol. The van der Waals surface area contributed by atoms with Crippen molar-refractivity contribution in [3.8, 4) is 34.2 Å². The first-order valence-electron chi connectivity index (χ1n) is 19.2. The predicted octanol–water partition coefficient (Wildman–Crippen LogP) is 14.0. The summed E-state index contributed by atoms with van der Waals surface area (Å²) in [5.41, 5.74) is 10.2. The van der Waals surface area contributed by atoms with E-state index in [4.69, 9.17) is 28.2 Å². The fourth-order valence-electron chi connectivity index (χ4n) is 8.35. The summed E-state index contributed by atoms with van der Waals surface area (Å²) in [6.07, 6.45) is 0. The van der Waals surface area contributed by atoms with E-state index in [0.717, 1.165) is 99.6 Å². The van der Waals surface area contributed by atoms with Crippen LogP contribution in [0.4, 0.5) is 17.1 Å². The summed E-state index contributed by atoms with van der Waals surface area (Å²) in [6.45, 7) is 0. The lowest BCUT2D eigenvalue weighted by molar-refractivity contribution is 0.669. The topological polar surface area (TPSA) is 81.3 Å². The zero-order chi connectivity index (χ0) is 38.2. The molecule has 4 heterocycles. The maximum absolute atomic E-state index is 6.72. The molecular formula is C51H30N4O3. The third kappa shape index (κ3) is 5.04. The molecule has 0 fully saturated rings. The molecule has 0 amide bonds. The molecule has 0 saturated heterocycles. The number of para-hydroxylation sites is 2. The van der Waals surface area contributed by atoms with Gasteiger partial charge in [-0.25, -0.2) is 15.0 Å². The van der Waals surface area contributed by atoms with Gasteiger partial charge in [-0.3, -0.25) is 0 Å². The smallest absolute Gasteiger partial charge is 0.164 e. The van der Waals surface area contributed by atoms with Gasteiger partial charge in [0.15, 0.2) is 17.5 Å². The highest BCUT2D eigenvalue weighted by Gasteiger charge is 2.26. The van der Waals surface area contributed by atoms with Crippen molar-refractivity contribution in [2.75, 3.05) is 4.90 Å². The van der Waals surface area contributed by atoms with Gasteiger partial charge in [0.05, 0.1) is 22.1 Å². The fourth-order valence-corrected chi connectivity index (χ4v) is 8.35. The number of hydrogen-bond donors (Lipinski definition) is 0. The third-order valence-corrected chi connectivity index (χ3v) is 10.9. The van der Waals surface area contributed by atoms with Crippen molar-refractivity contribution >= 4 is 82.9 Å². The summed E-state index contributed by atoms with van der Waals surface area (Å²) in [5, 5.41) is 5.99. The molecule has 0 aliphatic heterocycles. The highest BCUT2D eigenvalue weighted by atomic mass is 16.3. The van der Waals surface area contributed by atoms with Crippen LogP contribution >= 0.6 is 0 Å². The first-order valence-corrected chi connectivity index (χ1v) is 19.2. The Morgan fingerprint density at radius 2 is 0.810 bits per heavy atom. The molecule has 0 unspecified atom stereocenters. The molecule has 8 aromatic carbocycles. The SMILES string of the molecule is c1ccc(-c2nc(-c3ccccc3)nc(-c3cccc4oc5cccc(N(c6ccc7c(c6)oc6ccccc67)c6cccc7oc8ccccc8c67)c5c34)n2)cc1. The first-order chi connectivity index (χ1) is 28.7. The maximum Gasteiger partial charge on any atom is 0.164 e. The van der Waals surface area contributed by atoms with Crippen LogP contribution in [0.15, 0.2) is 195 Å². The number of anilines is 3. The minimum absolute atomic E-state index is 0.550. The Labute approximate surface area is 331 Å². The standard InChI is InChI=1S/C51H30N4O3/c1-3-14-31(15-4-1)49-52-50(32-16-5-2-6-17-32)54-51(53-49)37-20-11-25-43-47(37)48-39(22-13-27-44(48)58-43)55(33-28-29-35-34-18-7-9-23-40(34)57-45(35)30-33)38-21-12-26-42-46(38)36-19-8-10-24-41(36)56-42/h1-30H. The Bertz CT molecular complexity index is 3470. The normalized spacial score (nSPS) is 11.8. The average Bonchev–Trinajstić information content (AvgIpc) is 3.99. The van der Waals surface area contributed by atoms with Crippen molar-refractivity contribution in [2.24, 2.45) is 0 Å². The molecule has 0 bridgehead atoms. The van der Waals surface area contributed by atoms with E-state index in [1.165, 1.54) is 0 Å². The number of rotatable bonds is 6. The van der Waals surface area contributed by atoms with E-state index in [0.29, 0.717) is 17.5 Å². The monoisotopic (exact) mass is 746 g/mol. The van der Waals surface area contributed by atoms with Gasteiger partial charge in [-0.15, -0.1) is 0 Å². The Morgan fingerprint density at radius 3 is 1.52 bits per heavy atom. The molecule has 0 N–H and O–H groups in total. The number of aromatic nitrogens is 3. The molecule has 12 rings (SSSR count). The molecule has 0 radical (unpaired) electrons. The zero-order valence-corrected chi connectivity index (χ0v) is 30.8. The van der Waals surface area contributed by atoms with Crippen molar-refractivity contribution in [2.45, 2.75) is 0 Å². The van der Waals surface area contributed by atoms with Gasteiger partial charge in [-0.2, -0.15) is 0 Å². The second-order valence-corrected chi connectivity index (χ2v) is 14.3. The van der Waals surface area contributed by atoms with Gasteiger partial charge in [0.1, 0.15) is 33.5 Å². The predicted molar refractivity (Wildman–Crippen MR) is 233 cm³/mol. The zero-order valence-electron chi connectivity index (χ0n) is 30.8. The molecule has 0 spiro atoms. The second kappa shape index (κ2) is 12.8. The van der Waals surface area contributed by atoms with Crippen molar-refractivity contribution in [1.82, 2.24) is 15.0 Å². The Hall–Kier alpha value is -8.03. The van der Waals surface area contributed by atoms with Crippen molar-refractivity contribution in [3.05, 3.63) is 182 Å². The van der Waals surface area contributed by atoms with Gasteiger partial charge < -0.3 is 18.2 Å². The summed E-state index contributed by atoms with van der Waals surface area (Å²) in [5.74, 6) is 1.73. The Morgan fingerprint density at radius 1 is 0.328 bits per heavy atom. The van der Waals surface area contributed by atoms with E-state index in [1.807, 2.05) is 127 Å². The minimum atomic E-state index is 0.550. The molecule has 0 saturated carbocycles. The van der Waals surface area contributed by atoms with Crippen LogP contribution in [0, 0.1) is 0 Å². The van der Waals surface area contributed by atoms with E-state index in [-0.39, 0.29) is 0 Å². The lowest BCUT2D eigenvalue weighted by Gasteiger charge is -2.27. The van der Waals surface area contributed by atoms with Gasteiger partial charge in [-0.1, -0.05) is 121 Å². The lowest BCUT2D eigenvalue weighted by atomic mass is 10.0. The molecule has 0 atom stereocenters. The fraction of sp³-hybridized carbons (Fsp3) is 0. The van der Waals surface area contributed by atoms with E-state index in [9.17, 15) is 0 Å². The molecule has 7 nitrogen and oxygen atoms in total. The van der Waals surface area contributed by atoms with Gasteiger partial charge in [-0.05, 0) is 54.6 Å². The highest BCUT2D eigenvalue weighted by Crippen LogP contribution is 2.49. The number of fused-ring (bicyclic) bond motifs is 9. The number of nitrogens with zero attached hydrogens (tertiary/aromatic N) is 4. The number of benzene rings is 8. The Balaban J connectivity index is 1.16. The Kier molecular flexibility index (Phi) is 7.09. The molecule has 58 heavy (non-hydrogen) atoms. The number of hydrogen-bond acceptors (Lipinski definition) is 7. The molecule has 7 heteroatoms. The number of furan rings is 3. The minimum Gasteiger partial charge on any atom is -0.456 e. The van der Waals surface area contributed by atoms with E-state index >= 15 is 0 Å². The van der Waals surface area contributed by atoms with Crippen LogP contribution in [-0.4, -0.2) is 15.0 Å². The van der Waals surface area contributed by atoms with Gasteiger partial charge in [0, 0.05) is 50.0 Å². The molecule has 0 aliphatic rings. The van der Waals surface area contributed by atoms with Gasteiger partial charge in [0.2, 0.25) is 0 Å². The molecule has 4 aromatic heterocycles. The summed E-state index contributed by atoms with van der Waals surface area (Å²) in [7, 11) is 0. The van der Waals surface area contributed by atoms with Crippen molar-refractivity contribution in [3.63, 3.8) is 0 Å². The van der Waals surface area contributed by atoms with Crippen LogP contribution in [0.2, 0.25) is 0 Å². The highest BCUT2D eigenvalue weighted by molar-refractivity contribution is 6.21. The van der Waals surface area contributed by atoms with Gasteiger partial charge in [0.25, 0.3) is 0 Å². The molecule has 0 aliphatic carbocycles. The van der Waals surface area contributed by atoms with Gasteiger partial charge >= 0.3 is 0 Å². The van der Waals surface area contributed by atoms with Crippen molar-refractivity contribution < 1.29 is 13.3 Å². The molecular weight excluding hydrogens is 717 g/mol. The molecule has 272 valence electrons. The third-order valence-electron chi connectivity index (χ3n) is 10.9. The lowest BCUT2D eigenvalue weighted by Crippen LogP contribution is -2.10. The van der Waals surface area contributed by atoms with E-state index in [2.05, 4.69) is 59.5 Å². The van der Waals surface area contributed by atoms with Crippen LogP contribution in [0.25, 0.3) is 100.0 Å².